The van der Waals surface area contributed by atoms with Gasteiger partial charge in [-0.3, -0.25) is 9.59 Å². The van der Waals surface area contributed by atoms with Crippen LogP contribution in [0.25, 0.3) is 0 Å². The molecule has 420 valence electrons. The molecule has 0 heterocycles. The van der Waals surface area contributed by atoms with Crippen LogP contribution in [0.15, 0.2) is 24.3 Å². The van der Waals surface area contributed by atoms with Crippen molar-refractivity contribution in [3.8, 4) is 0 Å². The number of aliphatic hydroxyl groups excluding tert-OH is 2. The third kappa shape index (κ3) is 57.5. The Bertz CT molecular complexity index is 1110. The summed E-state index contributed by atoms with van der Waals surface area (Å²) in [7, 11) is 0. The Labute approximate surface area is 443 Å². The van der Waals surface area contributed by atoms with E-state index in [0.29, 0.717) is 19.4 Å². The molecule has 0 saturated heterocycles. The summed E-state index contributed by atoms with van der Waals surface area (Å²) in [6.45, 7) is 4.92. The summed E-state index contributed by atoms with van der Waals surface area (Å²) >= 11 is 0. The molecule has 0 aliphatic rings. The van der Waals surface area contributed by atoms with Gasteiger partial charge >= 0.3 is 5.97 Å². The number of amides is 1. The second-order valence-corrected chi connectivity index (χ2v) is 22.1. The molecule has 0 spiro atoms. The molecule has 0 bridgehead atoms. The quantitative estimate of drug-likeness (QED) is 0.0320. The van der Waals surface area contributed by atoms with Gasteiger partial charge in [-0.1, -0.05) is 308 Å². The number of hydrogen-bond donors (Lipinski definition) is 3. The fourth-order valence-electron chi connectivity index (χ4n) is 10.0. The SMILES string of the molecule is CCCCCCCCCCCCCCCCCCCC/C=C/C(O)C(CO)NC(=O)CCCCCCCCC/C=C\CCCCCCCCCCCCOC(=O)CCCCCCCCCCCCCCC. The number of aliphatic hydroxyl groups is 2. The molecular formula is C65H125NO5. The van der Waals surface area contributed by atoms with Crippen molar-refractivity contribution in [1.82, 2.24) is 5.32 Å². The highest BCUT2D eigenvalue weighted by Gasteiger charge is 2.18. The lowest BCUT2D eigenvalue weighted by Crippen LogP contribution is -2.45. The number of carbonyl (C=O) groups excluding carboxylic acids is 2. The second-order valence-electron chi connectivity index (χ2n) is 22.1. The van der Waals surface area contributed by atoms with Crippen LogP contribution in [0.1, 0.15) is 354 Å². The van der Waals surface area contributed by atoms with E-state index in [1.54, 1.807) is 6.08 Å². The molecule has 2 unspecified atom stereocenters. The fourth-order valence-corrected chi connectivity index (χ4v) is 10.0. The van der Waals surface area contributed by atoms with Gasteiger partial charge in [0, 0.05) is 12.8 Å². The Balaban J connectivity index is 3.45. The first-order chi connectivity index (χ1) is 35.0. The third-order valence-corrected chi connectivity index (χ3v) is 15.0. The molecule has 1 amide bonds. The maximum atomic E-state index is 12.5. The predicted molar refractivity (Wildman–Crippen MR) is 310 cm³/mol. The molecule has 0 rings (SSSR count). The highest BCUT2D eigenvalue weighted by molar-refractivity contribution is 5.76. The largest absolute Gasteiger partial charge is 0.466 e. The standard InChI is InChI=1S/C65H125NO5/c1-3-5-7-9-11-13-15-17-18-19-20-24-27-30-34-37-41-45-49-53-57-63(68)62(61-67)66-64(69)58-54-50-46-42-38-35-31-28-25-22-21-23-26-29-32-36-40-44-48-52-56-60-71-65(70)59-55-51-47-43-39-33-16-14-12-10-8-6-4-2/h22,25,53,57,62-63,67-68H,3-21,23-24,26-52,54-56,58-61H2,1-2H3,(H,66,69)/b25-22-,57-53+. The minimum Gasteiger partial charge on any atom is -0.466 e. The average molecular weight is 1000 g/mol. The van der Waals surface area contributed by atoms with Crippen LogP contribution in [-0.4, -0.2) is 47.4 Å². The summed E-state index contributed by atoms with van der Waals surface area (Å²) in [5.41, 5.74) is 0. The second kappa shape index (κ2) is 60.9. The molecule has 0 aromatic carbocycles. The Hall–Kier alpha value is -1.66. The number of carbonyl (C=O) groups is 2. The van der Waals surface area contributed by atoms with E-state index in [9.17, 15) is 19.8 Å². The zero-order valence-corrected chi connectivity index (χ0v) is 48.0. The molecule has 2 atom stereocenters. The first kappa shape index (κ1) is 69.3. The van der Waals surface area contributed by atoms with Crippen molar-refractivity contribution < 1.29 is 24.5 Å². The van der Waals surface area contributed by atoms with Crippen molar-refractivity contribution in [2.75, 3.05) is 13.2 Å². The summed E-state index contributed by atoms with van der Waals surface area (Å²) < 4.78 is 5.48. The van der Waals surface area contributed by atoms with E-state index >= 15 is 0 Å². The summed E-state index contributed by atoms with van der Waals surface area (Å²) in [6, 6.07) is -0.634. The maximum Gasteiger partial charge on any atom is 0.305 e. The minimum atomic E-state index is -0.850. The van der Waals surface area contributed by atoms with Gasteiger partial charge < -0.3 is 20.3 Å². The number of nitrogens with one attached hydrogen (secondary N) is 1. The number of ether oxygens (including phenoxy) is 1. The van der Waals surface area contributed by atoms with Gasteiger partial charge in [-0.05, 0) is 57.8 Å². The number of unbranched alkanes of at least 4 members (excludes halogenated alkanes) is 47. The van der Waals surface area contributed by atoms with E-state index in [1.165, 1.54) is 283 Å². The highest BCUT2D eigenvalue weighted by Crippen LogP contribution is 2.18. The van der Waals surface area contributed by atoms with Crippen molar-refractivity contribution in [3.05, 3.63) is 24.3 Å². The van der Waals surface area contributed by atoms with Crippen molar-refractivity contribution in [3.63, 3.8) is 0 Å². The molecule has 0 saturated carbocycles. The Kier molecular flexibility index (Phi) is 59.5. The molecule has 0 aromatic rings. The number of allylic oxidation sites excluding steroid dienone is 3. The normalized spacial score (nSPS) is 12.7. The van der Waals surface area contributed by atoms with Crippen LogP contribution in [0.5, 0.6) is 0 Å². The van der Waals surface area contributed by atoms with Crippen LogP contribution >= 0.6 is 0 Å². The third-order valence-electron chi connectivity index (χ3n) is 15.0. The van der Waals surface area contributed by atoms with E-state index in [0.717, 1.165) is 44.9 Å². The van der Waals surface area contributed by atoms with Gasteiger partial charge in [0.1, 0.15) is 0 Å². The molecule has 3 N–H and O–H groups in total. The van der Waals surface area contributed by atoms with Crippen LogP contribution in [0, 0.1) is 0 Å². The van der Waals surface area contributed by atoms with Gasteiger partial charge in [-0.2, -0.15) is 0 Å². The summed E-state index contributed by atoms with van der Waals surface area (Å²) in [4.78, 5) is 24.5. The van der Waals surface area contributed by atoms with Crippen LogP contribution in [0.4, 0.5) is 0 Å². The van der Waals surface area contributed by atoms with Gasteiger partial charge in [0.05, 0.1) is 25.4 Å². The highest BCUT2D eigenvalue weighted by atomic mass is 16.5. The molecule has 0 aliphatic carbocycles. The molecule has 0 radical (unpaired) electrons. The van der Waals surface area contributed by atoms with E-state index in [1.807, 2.05) is 6.08 Å². The predicted octanol–water partition coefficient (Wildman–Crippen LogP) is 20.2. The van der Waals surface area contributed by atoms with Gasteiger partial charge in [-0.25, -0.2) is 0 Å². The van der Waals surface area contributed by atoms with Crippen LogP contribution in [-0.2, 0) is 14.3 Å². The number of rotatable bonds is 60. The Morgan fingerprint density at radius 2 is 0.662 bits per heavy atom. The van der Waals surface area contributed by atoms with Crippen LogP contribution in [0.2, 0.25) is 0 Å². The smallest absolute Gasteiger partial charge is 0.305 e. The van der Waals surface area contributed by atoms with E-state index in [-0.39, 0.29) is 18.5 Å². The first-order valence-corrected chi connectivity index (χ1v) is 32.1. The molecule has 6 heteroatoms. The monoisotopic (exact) mass is 1000 g/mol. The molecule has 0 aliphatic heterocycles. The Morgan fingerprint density at radius 3 is 1.00 bits per heavy atom. The zero-order valence-electron chi connectivity index (χ0n) is 48.0. The Morgan fingerprint density at radius 1 is 0.380 bits per heavy atom. The summed E-state index contributed by atoms with van der Waals surface area (Å²) in [5, 5.41) is 23.2. The van der Waals surface area contributed by atoms with Gasteiger partial charge in [0.15, 0.2) is 0 Å². The van der Waals surface area contributed by atoms with Gasteiger partial charge in [0.2, 0.25) is 5.91 Å². The minimum absolute atomic E-state index is 0.00963. The molecular weight excluding hydrogens is 875 g/mol. The summed E-state index contributed by atoms with van der Waals surface area (Å²) in [6.07, 6.45) is 75.1. The van der Waals surface area contributed by atoms with E-state index in [2.05, 4.69) is 31.3 Å². The molecule has 0 fully saturated rings. The lowest BCUT2D eigenvalue weighted by molar-refractivity contribution is -0.143. The molecule has 0 aromatic heterocycles. The van der Waals surface area contributed by atoms with Crippen molar-refractivity contribution in [1.29, 1.82) is 0 Å². The average Bonchev–Trinajstić information content (AvgIpc) is 3.37. The van der Waals surface area contributed by atoms with Crippen molar-refractivity contribution >= 4 is 11.9 Å². The molecule has 6 nitrogen and oxygen atoms in total. The van der Waals surface area contributed by atoms with E-state index < -0.39 is 12.1 Å². The van der Waals surface area contributed by atoms with Gasteiger partial charge in [-0.15, -0.1) is 0 Å². The lowest BCUT2D eigenvalue weighted by atomic mass is 10.0. The van der Waals surface area contributed by atoms with E-state index in [4.69, 9.17) is 4.74 Å². The first-order valence-electron chi connectivity index (χ1n) is 32.1. The molecule has 71 heavy (non-hydrogen) atoms. The topological polar surface area (TPSA) is 95.9 Å². The number of hydrogen-bond acceptors (Lipinski definition) is 5. The van der Waals surface area contributed by atoms with Crippen LogP contribution < -0.4 is 5.32 Å². The van der Waals surface area contributed by atoms with Gasteiger partial charge in [0.25, 0.3) is 0 Å². The number of esters is 1. The maximum absolute atomic E-state index is 12.5. The fraction of sp³-hybridized carbons (Fsp3) is 0.908. The van der Waals surface area contributed by atoms with Crippen molar-refractivity contribution in [2.45, 2.75) is 366 Å². The zero-order chi connectivity index (χ0) is 51.4. The van der Waals surface area contributed by atoms with Crippen molar-refractivity contribution in [2.24, 2.45) is 0 Å². The lowest BCUT2D eigenvalue weighted by Gasteiger charge is -2.20. The van der Waals surface area contributed by atoms with Crippen LogP contribution in [0.3, 0.4) is 0 Å². The summed E-state index contributed by atoms with van der Waals surface area (Å²) in [5.74, 6) is -0.0630.